The molecule has 1 aliphatic heterocycles. The predicted octanol–water partition coefficient (Wildman–Crippen LogP) is 2.71. The highest BCUT2D eigenvalue weighted by Crippen LogP contribution is 2.29. The second-order valence-corrected chi connectivity index (χ2v) is 7.83. The number of amides is 1. The second-order valence-electron chi connectivity index (χ2n) is 7.83. The summed E-state index contributed by atoms with van der Waals surface area (Å²) in [5, 5.41) is 4.08. The summed E-state index contributed by atoms with van der Waals surface area (Å²) in [6, 6.07) is 10.4. The molecule has 1 amide bonds. The number of rotatable bonds is 5. The van der Waals surface area contributed by atoms with Gasteiger partial charge in [0.05, 0.1) is 24.9 Å². The smallest absolute Gasteiger partial charge is 0.416 e. The van der Waals surface area contributed by atoms with E-state index in [-0.39, 0.29) is 6.54 Å². The van der Waals surface area contributed by atoms with Gasteiger partial charge >= 0.3 is 11.9 Å². The summed E-state index contributed by atoms with van der Waals surface area (Å²) >= 11 is 0. The van der Waals surface area contributed by atoms with Gasteiger partial charge in [0.2, 0.25) is 5.69 Å². The van der Waals surface area contributed by atoms with Crippen LogP contribution in [0.25, 0.3) is 5.69 Å². The number of carbonyl (C=O) groups is 1. The molecule has 1 aromatic heterocycles. The highest BCUT2D eigenvalue weighted by Gasteiger charge is 2.30. The van der Waals surface area contributed by atoms with Crippen molar-refractivity contribution in [2.45, 2.75) is 25.6 Å². The number of likely N-dealkylation sites (tertiary alicyclic amines) is 1. The van der Waals surface area contributed by atoms with Gasteiger partial charge < -0.3 is 9.64 Å². The van der Waals surface area contributed by atoms with Crippen molar-refractivity contribution in [3.05, 3.63) is 86.2 Å². The highest BCUT2D eigenvalue weighted by molar-refractivity contribution is 5.92. The van der Waals surface area contributed by atoms with Crippen molar-refractivity contribution in [3.63, 3.8) is 0 Å². The zero-order chi connectivity index (χ0) is 24.5. The molecule has 0 bridgehead atoms. The highest BCUT2D eigenvalue weighted by atomic mass is 19.4. The van der Waals surface area contributed by atoms with Gasteiger partial charge in [-0.3, -0.25) is 14.2 Å². The van der Waals surface area contributed by atoms with Crippen LogP contribution in [0.3, 0.4) is 0 Å². The minimum Gasteiger partial charge on any atom is -0.497 e. The molecule has 1 fully saturated rings. The SMILES string of the molecule is COc1ccc(-n2nc(C(=O)N3CCCC3)c(=O)n(Cc3ccc(C(F)(F)F)cc3)c2=O)cc1. The normalized spacial score (nSPS) is 13.8. The van der Waals surface area contributed by atoms with Crippen LogP contribution in [0, 0.1) is 0 Å². The Hall–Kier alpha value is -3.89. The van der Waals surface area contributed by atoms with Gasteiger partial charge in [0.25, 0.3) is 11.5 Å². The van der Waals surface area contributed by atoms with Gasteiger partial charge in [-0.15, -0.1) is 0 Å². The third-order valence-corrected chi connectivity index (χ3v) is 5.59. The van der Waals surface area contributed by atoms with Crippen LogP contribution < -0.4 is 16.0 Å². The Morgan fingerprint density at radius 3 is 2.18 bits per heavy atom. The lowest BCUT2D eigenvalue weighted by Crippen LogP contribution is -2.46. The van der Waals surface area contributed by atoms with E-state index in [4.69, 9.17) is 4.74 Å². The van der Waals surface area contributed by atoms with E-state index < -0.39 is 34.6 Å². The Kier molecular flexibility index (Phi) is 6.27. The number of hydrogen-bond donors (Lipinski definition) is 0. The maximum absolute atomic E-state index is 13.2. The standard InChI is InChI=1S/C23H21F3N4O4/c1-34-18-10-8-17(9-11-18)30-22(33)29(14-15-4-6-16(7-5-15)23(24,25)26)21(32)19(27-30)20(31)28-12-2-3-13-28/h4-11H,2-3,12-14H2,1H3. The van der Waals surface area contributed by atoms with Crippen LogP contribution >= 0.6 is 0 Å². The summed E-state index contributed by atoms with van der Waals surface area (Å²) in [5.74, 6) is -0.0610. The van der Waals surface area contributed by atoms with E-state index in [1.54, 1.807) is 24.3 Å². The zero-order valence-corrected chi connectivity index (χ0v) is 18.2. The van der Waals surface area contributed by atoms with Crippen molar-refractivity contribution in [3.8, 4) is 11.4 Å². The summed E-state index contributed by atoms with van der Waals surface area (Å²) in [6.07, 6.45) is -2.92. The van der Waals surface area contributed by atoms with Crippen molar-refractivity contribution in [1.82, 2.24) is 19.2 Å². The van der Waals surface area contributed by atoms with Gasteiger partial charge in [0.15, 0.2) is 0 Å². The molecule has 0 saturated carbocycles. The zero-order valence-electron chi connectivity index (χ0n) is 18.2. The first-order valence-electron chi connectivity index (χ1n) is 10.5. The van der Waals surface area contributed by atoms with Crippen molar-refractivity contribution >= 4 is 5.91 Å². The molecule has 2 aromatic carbocycles. The predicted molar refractivity (Wildman–Crippen MR) is 116 cm³/mol. The molecule has 1 aliphatic rings. The molecule has 0 N–H and O–H groups in total. The van der Waals surface area contributed by atoms with Gasteiger partial charge in [-0.2, -0.15) is 23.0 Å². The minimum atomic E-state index is -4.51. The molecule has 4 rings (SSSR count). The average molecular weight is 474 g/mol. The molecule has 34 heavy (non-hydrogen) atoms. The van der Waals surface area contributed by atoms with Crippen LogP contribution in [0.5, 0.6) is 5.75 Å². The number of nitrogens with zero attached hydrogens (tertiary/aromatic N) is 4. The molecule has 11 heteroatoms. The average Bonchev–Trinajstić information content (AvgIpc) is 3.36. The van der Waals surface area contributed by atoms with Crippen LogP contribution in [0.1, 0.15) is 34.5 Å². The Morgan fingerprint density at radius 1 is 1.00 bits per heavy atom. The molecule has 0 atom stereocenters. The van der Waals surface area contributed by atoms with Crippen LogP contribution in [0.2, 0.25) is 0 Å². The summed E-state index contributed by atoms with van der Waals surface area (Å²) in [5.41, 5.74) is -2.41. The van der Waals surface area contributed by atoms with E-state index in [9.17, 15) is 27.6 Å². The van der Waals surface area contributed by atoms with Crippen LogP contribution in [-0.2, 0) is 12.7 Å². The lowest BCUT2D eigenvalue weighted by atomic mass is 10.1. The summed E-state index contributed by atoms with van der Waals surface area (Å²) in [4.78, 5) is 40.8. The van der Waals surface area contributed by atoms with Crippen LogP contribution in [0.4, 0.5) is 13.2 Å². The molecule has 1 saturated heterocycles. The first-order chi connectivity index (χ1) is 16.2. The minimum absolute atomic E-state index is 0.291. The third-order valence-electron chi connectivity index (χ3n) is 5.59. The molecule has 0 unspecified atom stereocenters. The summed E-state index contributed by atoms with van der Waals surface area (Å²) < 4.78 is 45.5. The molecule has 0 spiro atoms. The molecule has 0 aliphatic carbocycles. The van der Waals surface area contributed by atoms with E-state index in [0.29, 0.717) is 30.1 Å². The van der Waals surface area contributed by atoms with Gasteiger partial charge in [-0.25, -0.2) is 4.79 Å². The number of methoxy groups -OCH3 is 1. The van der Waals surface area contributed by atoms with Gasteiger partial charge in [0.1, 0.15) is 5.75 Å². The number of aromatic nitrogens is 3. The van der Waals surface area contributed by atoms with Gasteiger partial charge in [-0.05, 0) is 54.8 Å². The van der Waals surface area contributed by atoms with Gasteiger partial charge in [-0.1, -0.05) is 12.1 Å². The lowest BCUT2D eigenvalue weighted by Gasteiger charge is -2.17. The number of ether oxygens (including phenoxy) is 1. The number of alkyl halides is 3. The largest absolute Gasteiger partial charge is 0.497 e. The summed E-state index contributed by atoms with van der Waals surface area (Å²) in [7, 11) is 1.48. The maximum Gasteiger partial charge on any atom is 0.416 e. The molecule has 2 heterocycles. The van der Waals surface area contributed by atoms with E-state index in [1.807, 2.05) is 0 Å². The fourth-order valence-corrected chi connectivity index (χ4v) is 3.73. The van der Waals surface area contributed by atoms with E-state index in [1.165, 1.54) is 24.1 Å². The quantitative estimate of drug-likeness (QED) is 0.568. The van der Waals surface area contributed by atoms with E-state index >= 15 is 0 Å². The van der Waals surface area contributed by atoms with Crippen molar-refractivity contribution in [2.24, 2.45) is 0 Å². The fraction of sp³-hybridized carbons (Fsp3) is 0.304. The molecule has 178 valence electrons. The van der Waals surface area contributed by atoms with Crippen molar-refractivity contribution in [2.75, 3.05) is 20.2 Å². The molecule has 0 radical (unpaired) electrons. The van der Waals surface area contributed by atoms with Crippen molar-refractivity contribution in [1.29, 1.82) is 0 Å². The Bertz CT molecular complexity index is 1310. The first-order valence-corrected chi connectivity index (χ1v) is 10.5. The van der Waals surface area contributed by atoms with Crippen LogP contribution in [0.15, 0.2) is 58.1 Å². The second kappa shape index (κ2) is 9.16. The number of halogens is 3. The number of hydrogen-bond acceptors (Lipinski definition) is 5. The molecular weight excluding hydrogens is 453 g/mol. The fourth-order valence-electron chi connectivity index (χ4n) is 3.73. The third kappa shape index (κ3) is 4.59. The van der Waals surface area contributed by atoms with Crippen molar-refractivity contribution < 1.29 is 22.7 Å². The monoisotopic (exact) mass is 474 g/mol. The molecule has 8 nitrogen and oxygen atoms in total. The summed E-state index contributed by atoms with van der Waals surface area (Å²) in [6.45, 7) is 0.621. The molecular formula is C23H21F3N4O4. The molecule has 3 aromatic rings. The number of benzene rings is 2. The maximum atomic E-state index is 13.2. The van der Waals surface area contributed by atoms with E-state index in [2.05, 4.69) is 5.10 Å². The topological polar surface area (TPSA) is 86.4 Å². The Labute approximate surface area is 191 Å². The first kappa shape index (κ1) is 23.3. The number of carbonyl (C=O) groups excluding carboxylic acids is 1. The van der Waals surface area contributed by atoms with E-state index in [0.717, 1.165) is 34.2 Å². The lowest BCUT2D eigenvalue weighted by molar-refractivity contribution is -0.137. The Morgan fingerprint density at radius 2 is 1.62 bits per heavy atom. The Balaban J connectivity index is 1.82. The van der Waals surface area contributed by atoms with Crippen LogP contribution in [-0.4, -0.2) is 45.4 Å². The van der Waals surface area contributed by atoms with Gasteiger partial charge in [0, 0.05) is 13.1 Å².